The van der Waals surface area contributed by atoms with Gasteiger partial charge in [-0.25, -0.2) is 0 Å². The number of para-hydroxylation sites is 3. The largest absolute Gasteiger partial charge is 0.497 e. The molecular formula is C24H26N2O3. The lowest BCUT2D eigenvalue weighted by molar-refractivity contribution is -0.116. The normalized spacial score (nSPS) is 10.4. The summed E-state index contributed by atoms with van der Waals surface area (Å²) in [6, 6.07) is 25.0. The van der Waals surface area contributed by atoms with Crippen molar-refractivity contribution < 1.29 is 14.3 Å². The average Bonchev–Trinajstić information content (AvgIpc) is 2.76. The molecule has 1 amide bonds. The Morgan fingerprint density at radius 1 is 0.862 bits per heavy atom. The molecule has 150 valence electrons. The van der Waals surface area contributed by atoms with Crippen molar-refractivity contribution in [3.8, 4) is 17.2 Å². The molecular weight excluding hydrogens is 364 g/mol. The van der Waals surface area contributed by atoms with Gasteiger partial charge in [-0.15, -0.1) is 0 Å². The zero-order chi connectivity index (χ0) is 20.3. The molecule has 0 radical (unpaired) electrons. The van der Waals surface area contributed by atoms with E-state index in [2.05, 4.69) is 16.7 Å². The maximum Gasteiger partial charge on any atom is 0.225 e. The van der Waals surface area contributed by atoms with E-state index in [1.165, 1.54) is 5.56 Å². The van der Waals surface area contributed by atoms with Gasteiger partial charge < -0.3 is 20.1 Å². The van der Waals surface area contributed by atoms with E-state index in [0.29, 0.717) is 24.4 Å². The molecule has 0 unspecified atom stereocenters. The quantitative estimate of drug-likeness (QED) is 0.495. The maximum atomic E-state index is 12.3. The van der Waals surface area contributed by atoms with Crippen LogP contribution in [0.3, 0.4) is 0 Å². The predicted molar refractivity (Wildman–Crippen MR) is 116 cm³/mol. The Kier molecular flexibility index (Phi) is 7.66. The lowest BCUT2D eigenvalue weighted by atomic mass is 10.1. The Balaban J connectivity index is 1.43. The summed E-state index contributed by atoms with van der Waals surface area (Å²) >= 11 is 0. The minimum absolute atomic E-state index is 0.0528. The number of amides is 1. The summed E-state index contributed by atoms with van der Waals surface area (Å²) in [4.78, 5) is 12.3. The van der Waals surface area contributed by atoms with E-state index < -0.39 is 0 Å². The van der Waals surface area contributed by atoms with Crippen LogP contribution in [0.4, 0.5) is 5.69 Å². The minimum Gasteiger partial charge on any atom is -0.497 e. The molecule has 0 aliphatic rings. The number of methoxy groups -OCH3 is 1. The molecule has 2 N–H and O–H groups in total. The fourth-order valence-corrected chi connectivity index (χ4v) is 2.87. The van der Waals surface area contributed by atoms with Gasteiger partial charge in [0.05, 0.1) is 12.8 Å². The first-order valence-electron chi connectivity index (χ1n) is 9.70. The highest BCUT2D eigenvalue weighted by Gasteiger charge is 2.08. The molecule has 0 bridgehead atoms. The van der Waals surface area contributed by atoms with Gasteiger partial charge in [0.25, 0.3) is 0 Å². The van der Waals surface area contributed by atoms with Gasteiger partial charge >= 0.3 is 0 Å². The number of anilines is 1. The van der Waals surface area contributed by atoms with E-state index >= 15 is 0 Å². The van der Waals surface area contributed by atoms with Crippen LogP contribution in [-0.4, -0.2) is 26.1 Å². The monoisotopic (exact) mass is 390 g/mol. The molecule has 3 aromatic rings. The number of nitrogens with one attached hydrogen (secondary N) is 2. The van der Waals surface area contributed by atoms with Crippen molar-refractivity contribution in [3.63, 3.8) is 0 Å². The highest BCUT2D eigenvalue weighted by atomic mass is 16.5. The first-order valence-corrected chi connectivity index (χ1v) is 9.70. The number of hydrogen-bond donors (Lipinski definition) is 2. The minimum atomic E-state index is -0.0528. The van der Waals surface area contributed by atoms with Gasteiger partial charge in [-0.2, -0.15) is 0 Å². The smallest absolute Gasteiger partial charge is 0.225 e. The zero-order valence-electron chi connectivity index (χ0n) is 16.6. The number of hydrogen-bond acceptors (Lipinski definition) is 4. The molecule has 0 aromatic heterocycles. The number of carbonyl (C=O) groups excluding carboxylic acids is 1. The fourth-order valence-electron chi connectivity index (χ4n) is 2.87. The van der Waals surface area contributed by atoms with Crippen LogP contribution >= 0.6 is 0 Å². The first kappa shape index (κ1) is 20.4. The fraction of sp³-hybridized carbons (Fsp3) is 0.208. The number of rotatable bonds is 10. The Labute approximate surface area is 171 Å². The molecule has 0 aliphatic heterocycles. The van der Waals surface area contributed by atoms with Crippen molar-refractivity contribution in [3.05, 3.63) is 84.4 Å². The molecule has 0 heterocycles. The molecule has 0 spiro atoms. The molecule has 3 aromatic carbocycles. The number of benzene rings is 3. The summed E-state index contributed by atoms with van der Waals surface area (Å²) in [6.07, 6.45) is 1.27. The van der Waals surface area contributed by atoms with Gasteiger partial charge in [-0.05, 0) is 54.9 Å². The maximum absolute atomic E-state index is 12.3. The standard InChI is InChI=1S/C24H26N2O3/c1-28-21-11-7-8-19(18-21)14-16-25-17-15-24(27)26-22-12-5-6-13-23(22)29-20-9-3-2-4-10-20/h2-13,18,25H,14-17H2,1H3,(H,26,27). The second-order valence-corrected chi connectivity index (χ2v) is 6.56. The van der Waals surface area contributed by atoms with Crippen LogP contribution in [0.1, 0.15) is 12.0 Å². The van der Waals surface area contributed by atoms with Gasteiger partial charge in [-0.1, -0.05) is 42.5 Å². The Hall–Kier alpha value is -3.31. The van der Waals surface area contributed by atoms with Crippen LogP contribution in [0.15, 0.2) is 78.9 Å². The molecule has 0 saturated heterocycles. The van der Waals surface area contributed by atoms with Crippen LogP contribution in [0, 0.1) is 0 Å². The third kappa shape index (κ3) is 6.66. The highest BCUT2D eigenvalue weighted by molar-refractivity contribution is 5.92. The Morgan fingerprint density at radius 2 is 1.62 bits per heavy atom. The second kappa shape index (κ2) is 10.9. The second-order valence-electron chi connectivity index (χ2n) is 6.56. The Bertz CT molecular complexity index is 913. The van der Waals surface area contributed by atoms with Crippen LogP contribution in [0.25, 0.3) is 0 Å². The average molecular weight is 390 g/mol. The van der Waals surface area contributed by atoms with Crippen LogP contribution in [0.2, 0.25) is 0 Å². The van der Waals surface area contributed by atoms with Crippen molar-refractivity contribution in [1.82, 2.24) is 5.32 Å². The summed E-state index contributed by atoms with van der Waals surface area (Å²) in [5, 5.41) is 6.24. The van der Waals surface area contributed by atoms with Crippen molar-refractivity contribution in [1.29, 1.82) is 0 Å². The van der Waals surface area contributed by atoms with Gasteiger partial charge in [-0.3, -0.25) is 4.79 Å². The van der Waals surface area contributed by atoms with E-state index in [1.54, 1.807) is 7.11 Å². The molecule has 5 nitrogen and oxygen atoms in total. The third-order valence-corrected chi connectivity index (χ3v) is 4.39. The number of carbonyl (C=O) groups is 1. The van der Waals surface area contributed by atoms with Crippen molar-refractivity contribution in [2.45, 2.75) is 12.8 Å². The predicted octanol–water partition coefficient (Wildman–Crippen LogP) is 4.65. The topological polar surface area (TPSA) is 59.6 Å². The van der Waals surface area contributed by atoms with E-state index in [-0.39, 0.29) is 5.91 Å². The molecule has 3 rings (SSSR count). The molecule has 0 fully saturated rings. The molecule has 0 saturated carbocycles. The summed E-state index contributed by atoms with van der Waals surface area (Å²) in [5.74, 6) is 2.16. The van der Waals surface area contributed by atoms with Crippen LogP contribution in [0.5, 0.6) is 17.2 Å². The van der Waals surface area contributed by atoms with E-state index in [1.807, 2.05) is 72.8 Å². The SMILES string of the molecule is COc1cccc(CCNCCC(=O)Nc2ccccc2Oc2ccccc2)c1. The van der Waals surface area contributed by atoms with Crippen molar-refractivity contribution >= 4 is 11.6 Å². The van der Waals surface area contributed by atoms with Crippen LogP contribution in [-0.2, 0) is 11.2 Å². The summed E-state index contributed by atoms with van der Waals surface area (Å²) < 4.78 is 11.1. The van der Waals surface area contributed by atoms with Crippen molar-refractivity contribution in [2.75, 3.05) is 25.5 Å². The Morgan fingerprint density at radius 3 is 2.45 bits per heavy atom. The van der Waals surface area contributed by atoms with Gasteiger partial charge in [0.1, 0.15) is 11.5 Å². The lowest BCUT2D eigenvalue weighted by Gasteiger charge is -2.12. The van der Waals surface area contributed by atoms with Gasteiger partial charge in [0.2, 0.25) is 5.91 Å². The molecule has 0 atom stereocenters. The van der Waals surface area contributed by atoms with E-state index in [4.69, 9.17) is 9.47 Å². The van der Waals surface area contributed by atoms with Gasteiger partial charge in [0.15, 0.2) is 5.75 Å². The molecule has 29 heavy (non-hydrogen) atoms. The number of ether oxygens (including phenoxy) is 2. The van der Waals surface area contributed by atoms with E-state index in [0.717, 1.165) is 24.5 Å². The van der Waals surface area contributed by atoms with E-state index in [9.17, 15) is 4.79 Å². The van der Waals surface area contributed by atoms with Crippen LogP contribution < -0.4 is 20.1 Å². The highest BCUT2D eigenvalue weighted by Crippen LogP contribution is 2.29. The lowest BCUT2D eigenvalue weighted by Crippen LogP contribution is -2.23. The summed E-state index contributed by atoms with van der Waals surface area (Å²) in [5.41, 5.74) is 1.87. The van der Waals surface area contributed by atoms with Crippen molar-refractivity contribution in [2.24, 2.45) is 0 Å². The third-order valence-electron chi connectivity index (χ3n) is 4.39. The summed E-state index contributed by atoms with van der Waals surface area (Å²) in [6.45, 7) is 1.41. The van der Waals surface area contributed by atoms with Gasteiger partial charge in [0, 0.05) is 13.0 Å². The molecule has 5 heteroatoms. The zero-order valence-corrected chi connectivity index (χ0v) is 16.6. The molecule has 0 aliphatic carbocycles. The summed E-state index contributed by atoms with van der Waals surface area (Å²) in [7, 11) is 1.67. The first-order chi connectivity index (χ1) is 14.2.